The summed E-state index contributed by atoms with van der Waals surface area (Å²) in [6.45, 7) is 7.50. The van der Waals surface area contributed by atoms with Gasteiger partial charge in [0.2, 0.25) is 7.44 Å². The second-order valence-electron chi connectivity index (χ2n) is 10.8. The Balaban J connectivity index is 1.97. The SMILES string of the molecule is CCOC(=O)[C@H](CCSC)NP(=O)(N[C@@H](CCSC)C(=O)OCC)c1ccc(Oc2cc(OC(C)C)cc(C(=O)Nc3nccs3)c2)cc1. The molecule has 0 fully saturated rings. The summed E-state index contributed by atoms with van der Waals surface area (Å²) in [4.78, 5) is 43.1. The molecule has 1 heterocycles. The molecule has 0 spiro atoms. The summed E-state index contributed by atoms with van der Waals surface area (Å²) >= 11 is 4.39. The number of aromatic nitrogens is 1. The third-order valence-electron chi connectivity index (χ3n) is 6.64. The van der Waals surface area contributed by atoms with Gasteiger partial charge in [-0.3, -0.25) is 24.3 Å². The minimum atomic E-state index is -3.85. The largest absolute Gasteiger partial charge is 0.491 e. The van der Waals surface area contributed by atoms with Crippen molar-refractivity contribution >= 4 is 70.6 Å². The fraction of sp³-hybridized carbons (Fsp3) is 0.455. The summed E-state index contributed by atoms with van der Waals surface area (Å²) in [5.41, 5.74) is 0.309. The first-order valence-electron chi connectivity index (χ1n) is 15.8. The molecule has 0 aliphatic heterocycles. The molecule has 268 valence electrons. The van der Waals surface area contributed by atoms with Crippen LogP contribution in [-0.4, -0.2) is 78.2 Å². The number of hydrogen-bond acceptors (Lipinski definition) is 12. The van der Waals surface area contributed by atoms with Crippen LogP contribution in [0.25, 0.3) is 0 Å². The van der Waals surface area contributed by atoms with Gasteiger partial charge in [0.25, 0.3) is 5.91 Å². The lowest BCUT2D eigenvalue weighted by Crippen LogP contribution is -2.47. The van der Waals surface area contributed by atoms with Gasteiger partial charge in [0, 0.05) is 28.5 Å². The Labute approximate surface area is 300 Å². The summed E-state index contributed by atoms with van der Waals surface area (Å²) in [5.74, 6) is 0.947. The van der Waals surface area contributed by atoms with Crippen molar-refractivity contribution in [2.75, 3.05) is 42.5 Å². The van der Waals surface area contributed by atoms with Crippen molar-refractivity contribution in [3.05, 3.63) is 59.6 Å². The number of carbonyl (C=O) groups is 3. The van der Waals surface area contributed by atoms with Crippen LogP contribution in [0.3, 0.4) is 0 Å². The van der Waals surface area contributed by atoms with E-state index in [0.717, 1.165) is 0 Å². The van der Waals surface area contributed by atoms with Gasteiger partial charge in [0.15, 0.2) is 5.13 Å². The van der Waals surface area contributed by atoms with Crippen LogP contribution in [-0.2, 0) is 23.6 Å². The molecule has 0 saturated carbocycles. The van der Waals surface area contributed by atoms with Gasteiger partial charge in [0.1, 0.15) is 29.3 Å². The van der Waals surface area contributed by atoms with Crippen LogP contribution in [0.4, 0.5) is 5.13 Å². The third-order valence-corrected chi connectivity index (χ3v) is 11.0. The summed E-state index contributed by atoms with van der Waals surface area (Å²) in [7, 11) is -3.85. The molecule has 2 atom stereocenters. The Morgan fingerprint density at radius 3 is 1.92 bits per heavy atom. The number of nitrogens with one attached hydrogen (secondary N) is 3. The normalized spacial score (nSPS) is 12.6. The molecule has 49 heavy (non-hydrogen) atoms. The van der Waals surface area contributed by atoms with E-state index in [2.05, 4.69) is 20.5 Å². The Bertz CT molecular complexity index is 1510. The molecule has 0 aliphatic carbocycles. The molecule has 16 heteroatoms. The van der Waals surface area contributed by atoms with Crippen LogP contribution >= 0.6 is 42.3 Å². The number of ether oxygens (including phenoxy) is 4. The van der Waals surface area contributed by atoms with E-state index >= 15 is 0 Å². The fourth-order valence-electron chi connectivity index (χ4n) is 4.47. The van der Waals surface area contributed by atoms with Gasteiger partial charge in [-0.25, -0.2) is 15.2 Å². The first-order chi connectivity index (χ1) is 23.5. The fourth-order valence-corrected chi connectivity index (χ4v) is 8.22. The Morgan fingerprint density at radius 2 is 1.43 bits per heavy atom. The van der Waals surface area contributed by atoms with Gasteiger partial charge in [-0.2, -0.15) is 23.5 Å². The predicted octanol–water partition coefficient (Wildman–Crippen LogP) is 6.34. The van der Waals surface area contributed by atoms with Gasteiger partial charge in [-0.15, -0.1) is 11.3 Å². The Hall–Kier alpha value is -3.07. The van der Waals surface area contributed by atoms with Crippen LogP contribution < -0.4 is 30.3 Å². The molecule has 3 rings (SSSR count). The molecule has 0 aliphatic rings. The molecule has 0 saturated heterocycles. The van der Waals surface area contributed by atoms with Crippen molar-refractivity contribution in [3.63, 3.8) is 0 Å². The van der Waals surface area contributed by atoms with Crippen molar-refractivity contribution in [1.29, 1.82) is 0 Å². The minimum absolute atomic E-state index is 0.151. The molecule has 3 aromatic rings. The maximum Gasteiger partial charge on any atom is 0.323 e. The lowest BCUT2D eigenvalue weighted by Gasteiger charge is -2.29. The number of thiazole rings is 1. The van der Waals surface area contributed by atoms with Gasteiger partial charge in [-0.05, 0) is 101 Å². The maximum atomic E-state index is 14.9. The smallest absolute Gasteiger partial charge is 0.323 e. The molecule has 12 nitrogen and oxygen atoms in total. The third kappa shape index (κ3) is 13.0. The number of benzene rings is 2. The molecule has 1 aromatic heterocycles. The summed E-state index contributed by atoms with van der Waals surface area (Å²) < 4.78 is 37.5. The van der Waals surface area contributed by atoms with Crippen LogP contribution in [0.15, 0.2) is 54.0 Å². The average Bonchev–Trinajstić information content (AvgIpc) is 3.58. The van der Waals surface area contributed by atoms with Gasteiger partial charge in [0.05, 0.1) is 19.3 Å². The van der Waals surface area contributed by atoms with Gasteiger partial charge < -0.3 is 18.9 Å². The van der Waals surface area contributed by atoms with E-state index in [4.69, 9.17) is 18.9 Å². The van der Waals surface area contributed by atoms with Crippen LogP contribution in [0, 0.1) is 0 Å². The highest BCUT2D eigenvalue weighted by molar-refractivity contribution is 7.98. The molecule has 1 amide bonds. The average molecular weight is 753 g/mol. The quantitative estimate of drug-likeness (QED) is 0.0820. The second kappa shape index (κ2) is 20.6. The number of carbonyl (C=O) groups excluding carboxylic acids is 3. The standard InChI is InChI=1S/C33H45N4O8PS3/c1-7-42-31(39)28(13-16-47-5)36-46(41,37-29(14-17-48-6)32(40)43-8-2)27-11-9-24(10-12-27)45-26-20-23(19-25(21-26)44-22(3)4)30(38)35-33-34-15-18-49-33/h9-12,15,18-22,28-29H,7-8,13-14,16-17H2,1-6H3,(H,34,35,38)(H2,36,37,41)/t28-,29-/m0/s1. The molecule has 3 N–H and O–H groups in total. The summed E-state index contributed by atoms with van der Waals surface area (Å²) in [6, 6.07) is 9.54. The van der Waals surface area contributed by atoms with E-state index in [1.807, 2.05) is 26.4 Å². The minimum Gasteiger partial charge on any atom is -0.491 e. The zero-order chi connectivity index (χ0) is 35.8. The van der Waals surface area contributed by atoms with Gasteiger partial charge in [-0.1, -0.05) is 0 Å². The van der Waals surface area contributed by atoms with Crippen molar-refractivity contribution < 1.29 is 37.9 Å². The van der Waals surface area contributed by atoms with E-state index in [9.17, 15) is 18.9 Å². The van der Waals surface area contributed by atoms with Crippen LogP contribution in [0.2, 0.25) is 0 Å². The molecule has 2 aromatic carbocycles. The second-order valence-corrected chi connectivity index (χ2v) is 15.9. The first-order valence-corrected chi connectivity index (χ1v) is 21.2. The molecular formula is C33H45N4O8PS3. The van der Waals surface area contributed by atoms with Gasteiger partial charge >= 0.3 is 11.9 Å². The monoisotopic (exact) mass is 752 g/mol. The molecule has 0 unspecified atom stereocenters. The Morgan fingerprint density at radius 1 is 0.857 bits per heavy atom. The topological polar surface area (TPSA) is 154 Å². The molecular weight excluding hydrogens is 708 g/mol. The Kier molecular flexibility index (Phi) is 16.9. The predicted molar refractivity (Wildman–Crippen MR) is 199 cm³/mol. The molecule has 0 radical (unpaired) electrons. The van der Waals surface area contributed by atoms with E-state index in [1.165, 1.54) is 11.3 Å². The number of hydrogen-bond donors (Lipinski definition) is 3. The summed E-state index contributed by atoms with van der Waals surface area (Å²) in [5, 5.41) is 11.4. The number of anilines is 1. The number of rotatable bonds is 21. The van der Waals surface area contributed by atoms with Crippen molar-refractivity contribution in [2.24, 2.45) is 0 Å². The zero-order valence-corrected chi connectivity index (χ0v) is 31.9. The first kappa shape index (κ1) is 40.4. The highest BCUT2D eigenvalue weighted by Crippen LogP contribution is 2.39. The lowest BCUT2D eigenvalue weighted by molar-refractivity contribution is -0.145. The highest BCUT2D eigenvalue weighted by Gasteiger charge is 2.36. The molecule has 0 bridgehead atoms. The van der Waals surface area contributed by atoms with Crippen molar-refractivity contribution in [3.8, 4) is 17.2 Å². The highest BCUT2D eigenvalue weighted by atomic mass is 32.2. The van der Waals surface area contributed by atoms with Crippen LogP contribution in [0.1, 0.15) is 50.9 Å². The number of thioether (sulfide) groups is 2. The van der Waals surface area contributed by atoms with E-state index in [-0.39, 0.29) is 25.2 Å². The summed E-state index contributed by atoms with van der Waals surface area (Å²) in [6.07, 6.45) is 5.99. The number of esters is 2. The maximum absolute atomic E-state index is 14.9. The van der Waals surface area contributed by atoms with Crippen LogP contribution in [0.5, 0.6) is 17.2 Å². The van der Waals surface area contributed by atoms with Crippen molar-refractivity contribution in [2.45, 2.75) is 58.7 Å². The van der Waals surface area contributed by atoms with E-state index in [0.29, 0.717) is 57.6 Å². The number of amides is 1. The van der Waals surface area contributed by atoms with E-state index < -0.39 is 31.5 Å². The zero-order valence-electron chi connectivity index (χ0n) is 28.6. The number of nitrogens with zero attached hydrogens (tertiary/aromatic N) is 1. The van der Waals surface area contributed by atoms with E-state index in [1.54, 1.807) is 91.4 Å². The lowest BCUT2D eigenvalue weighted by atomic mass is 10.2. The van der Waals surface area contributed by atoms with Crippen molar-refractivity contribution in [1.82, 2.24) is 15.2 Å².